The molecule has 1 amide bonds. The molecule has 0 spiro atoms. The standard InChI is InChI=1S/C18H17N3O4/c1-11-18(22)19-16-6-12(2-5-17(16)25-11)8-20-9-13-3-4-15(21(23)24)7-14(13)10-20/h2-7,11H,8-10H2,1H3,(H,19,22). The zero-order valence-corrected chi connectivity index (χ0v) is 13.7. The topological polar surface area (TPSA) is 84.7 Å². The van der Waals surface area contributed by atoms with Gasteiger partial charge in [0.05, 0.1) is 10.6 Å². The van der Waals surface area contributed by atoms with E-state index in [0.717, 1.165) is 23.2 Å². The second-order valence-electron chi connectivity index (χ2n) is 6.44. The second-order valence-corrected chi connectivity index (χ2v) is 6.44. The van der Waals surface area contributed by atoms with Gasteiger partial charge in [0.25, 0.3) is 11.6 Å². The summed E-state index contributed by atoms with van der Waals surface area (Å²) in [7, 11) is 0. The van der Waals surface area contributed by atoms with E-state index in [0.29, 0.717) is 24.5 Å². The highest BCUT2D eigenvalue weighted by Gasteiger charge is 2.25. The molecule has 2 aromatic rings. The van der Waals surface area contributed by atoms with Gasteiger partial charge < -0.3 is 10.1 Å². The molecule has 1 unspecified atom stereocenters. The molecule has 7 heteroatoms. The minimum absolute atomic E-state index is 0.128. The quantitative estimate of drug-likeness (QED) is 0.686. The molecule has 2 heterocycles. The fraction of sp³-hybridized carbons (Fsp3) is 0.278. The first-order chi connectivity index (χ1) is 12.0. The molecule has 0 aromatic heterocycles. The Morgan fingerprint density at radius 1 is 1.24 bits per heavy atom. The number of nitro benzene ring substituents is 1. The third kappa shape index (κ3) is 2.94. The van der Waals surface area contributed by atoms with Crippen LogP contribution in [0.1, 0.15) is 23.6 Å². The Kier molecular flexibility index (Phi) is 3.65. The second kappa shape index (κ2) is 5.86. The van der Waals surface area contributed by atoms with Crippen molar-refractivity contribution in [1.29, 1.82) is 0 Å². The van der Waals surface area contributed by atoms with Gasteiger partial charge in [-0.15, -0.1) is 0 Å². The lowest BCUT2D eigenvalue weighted by Gasteiger charge is -2.24. The summed E-state index contributed by atoms with van der Waals surface area (Å²) >= 11 is 0. The van der Waals surface area contributed by atoms with Crippen molar-refractivity contribution in [3.05, 3.63) is 63.2 Å². The molecule has 0 radical (unpaired) electrons. The van der Waals surface area contributed by atoms with Gasteiger partial charge in [-0.2, -0.15) is 0 Å². The fourth-order valence-electron chi connectivity index (χ4n) is 3.29. The smallest absolute Gasteiger partial charge is 0.269 e. The van der Waals surface area contributed by atoms with Gasteiger partial charge in [0.2, 0.25) is 0 Å². The molecule has 2 aliphatic heterocycles. The van der Waals surface area contributed by atoms with Crippen LogP contribution in [-0.2, 0) is 24.4 Å². The van der Waals surface area contributed by atoms with Crippen LogP contribution in [0.3, 0.4) is 0 Å². The van der Waals surface area contributed by atoms with Gasteiger partial charge in [0, 0.05) is 31.8 Å². The Labute approximate surface area is 144 Å². The number of nitrogens with zero attached hydrogens (tertiary/aromatic N) is 2. The molecule has 1 atom stereocenters. The lowest BCUT2D eigenvalue weighted by molar-refractivity contribution is -0.384. The Bertz CT molecular complexity index is 881. The highest BCUT2D eigenvalue weighted by atomic mass is 16.6. The summed E-state index contributed by atoms with van der Waals surface area (Å²) in [5.74, 6) is 0.529. The molecule has 25 heavy (non-hydrogen) atoms. The summed E-state index contributed by atoms with van der Waals surface area (Å²) in [6.07, 6.45) is -0.484. The number of rotatable bonds is 3. The maximum Gasteiger partial charge on any atom is 0.269 e. The fourth-order valence-corrected chi connectivity index (χ4v) is 3.29. The van der Waals surface area contributed by atoms with E-state index in [1.807, 2.05) is 24.3 Å². The van der Waals surface area contributed by atoms with Crippen LogP contribution in [0.25, 0.3) is 0 Å². The van der Waals surface area contributed by atoms with Crippen LogP contribution < -0.4 is 10.1 Å². The van der Waals surface area contributed by atoms with E-state index < -0.39 is 6.10 Å². The van der Waals surface area contributed by atoms with E-state index in [1.165, 1.54) is 0 Å². The Balaban J connectivity index is 1.49. The number of benzene rings is 2. The minimum atomic E-state index is -0.484. The highest BCUT2D eigenvalue weighted by molar-refractivity contribution is 5.97. The van der Waals surface area contributed by atoms with E-state index in [4.69, 9.17) is 4.74 Å². The average Bonchev–Trinajstić information content (AvgIpc) is 2.97. The molecular formula is C18H17N3O4. The maximum atomic E-state index is 11.7. The average molecular weight is 339 g/mol. The molecular weight excluding hydrogens is 322 g/mol. The van der Waals surface area contributed by atoms with Crippen LogP contribution in [-0.4, -0.2) is 21.8 Å². The summed E-state index contributed by atoms with van der Waals surface area (Å²) in [4.78, 5) is 24.5. The lowest BCUT2D eigenvalue weighted by atomic mass is 10.1. The molecule has 2 aromatic carbocycles. The van der Waals surface area contributed by atoms with Gasteiger partial charge in [-0.1, -0.05) is 12.1 Å². The first-order valence-corrected chi connectivity index (χ1v) is 8.08. The van der Waals surface area contributed by atoms with Crippen molar-refractivity contribution < 1.29 is 14.5 Å². The summed E-state index contributed by atoms with van der Waals surface area (Å²) in [6.45, 7) is 3.84. The zero-order chi connectivity index (χ0) is 17.6. The molecule has 0 saturated heterocycles. The molecule has 2 aliphatic rings. The van der Waals surface area contributed by atoms with Gasteiger partial charge in [-0.25, -0.2) is 0 Å². The monoisotopic (exact) mass is 339 g/mol. The number of nitrogens with one attached hydrogen (secondary N) is 1. The number of carbonyl (C=O) groups excluding carboxylic acids is 1. The van der Waals surface area contributed by atoms with E-state index in [2.05, 4.69) is 10.2 Å². The van der Waals surface area contributed by atoms with Crippen LogP contribution in [0.4, 0.5) is 11.4 Å². The number of fused-ring (bicyclic) bond motifs is 2. The number of ether oxygens (including phenoxy) is 1. The molecule has 1 N–H and O–H groups in total. The molecule has 0 bridgehead atoms. The van der Waals surface area contributed by atoms with E-state index in [9.17, 15) is 14.9 Å². The van der Waals surface area contributed by atoms with Crippen molar-refractivity contribution in [3.63, 3.8) is 0 Å². The van der Waals surface area contributed by atoms with Gasteiger partial charge in [-0.3, -0.25) is 19.8 Å². The third-order valence-corrected chi connectivity index (χ3v) is 4.57. The van der Waals surface area contributed by atoms with Gasteiger partial charge in [-0.05, 0) is 35.7 Å². The number of hydrogen-bond acceptors (Lipinski definition) is 5. The van der Waals surface area contributed by atoms with Crippen LogP contribution in [0, 0.1) is 10.1 Å². The number of non-ortho nitro benzene ring substituents is 1. The molecule has 128 valence electrons. The molecule has 7 nitrogen and oxygen atoms in total. The Hall–Kier alpha value is -2.93. The van der Waals surface area contributed by atoms with Crippen molar-refractivity contribution in [2.24, 2.45) is 0 Å². The predicted octanol–water partition coefficient (Wildman–Crippen LogP) is 2.83. The third-order valence-electron chi connectivity index (χ3n) is 4.57. The number of amides is 1. The lowest BCUT2D eigenvalue weighted by Crippen LogP contribution is -2.34. The van der Waals surface area contributed by atoms with Crippen molar-refractivity contribution in [3.8, 4) is 5.75 Å². The summed E-state index contributed by atoms with van der Waals surface area (Å²) in [6, 6.07) is 10.8. The molecule has 4 rings (SSSR count). The Morgan fingerprint density at radius 2 is 2.04 bits per heavy atom. The van der Waals surface area contributed by atoms with Crippen molar-refractivity contribution >= 4 is 17.3 Å². The Morgan fingerprint density at radius 3 is 2.84 bits per heavy atom. The molecule has 0 fully saturated rings. The van der Waals surface area contributed by atoms with Crippen LogP contribution >= 0.6 is 0 Å². The van der Waals surface area contributed by atoms with E-state index in [1.54, 1.807) is 19.1 Å². The van der Waals surface area contributed by atoms with Gasteiger partial charge in [0.1, 0.15) is 5.75 Å². The number of anilines is 1. The first kappa shape index (κ1) is 15.6. The van der Waals surface area contributed by atoms with Crippen LogP contribution in [0.15, 0.2) is 36.4 Å². The van der Waals surface area contributed by atoms with Crippen molar-refractivity contribution in [1.82, 2.24) is 4.90 Å². The first-order valence-electron chi connectivity index (χ1n) is 8.08. The number of nitro groups is 1. The van der Waals surface area contributed by atoms with Crippen LogP contribution in [0.2, 0.25) is 0 Å². The highest BCUT2D eigenvalue weighted by Crippen LogP contribution is 2.32. The number of hydrogen-bond donors (Lipinski definition) is 1. The summed E-state index contributed by atoms with van der Waals surface area (Å²) in [5.41, 5.74) is 3.99. The predicted molar refractivity (Wildman–Crippen MR) is 91.2 cm³/mol. The van der Waals surface area contributed by atoms with E-state index in [-0.39, 0.29) is 16.5 Å². The normalized spacial score (nSPS) is 18.9. The summed E-state index contributed by atoms with van der Waals surface area (Å²) < 4.78 is 5.57. The maximum absolute atomic E-state index is 11.7. The zero-order valence-electron chi connectivity index (χ0n) is 13.7. The molecule has 0 aliphatic carbocycles. The van der Waals surface area contributed by atoms with Gasteiger partial charge in [0.15, 0.2) is 6.10 Å². The number of carbonyl (C=O) groups is 1. The minimum Gasteiger partial charge on any atom is -0.479 e. The SMILES string of the molecule is CC1Oc2ccc(CN3Cc4ccc([N+](=O)[O-])cc4C3)cc2NC1=O. The summed E-state index contributed by atoms with van der Waals surface area (Å²) in [5, 5.41) is 13.8. The largest absolute Gasteiger partial charge is 0.479 e. The van der Waals surface area contributed by atoms with Crippen LogP contribution in [0.5, 0.6) is 5.75 Å². The molecule has 0 saturated carbocycles. The van der Waals surface area contributed by atoms with Crippen molar-refractivity contribution in [2.75, 3.05) is 5.32 Å². The van der Waals surface area contributed by atoms with E-state index >= 15 is 0 Å². The van der Waals surface area contributed by atoms with Gasteiger partial charge >= 0.3 is 0 Å². The van der Waals surface area contributed by atoms with Crippen molar-refractivity contribution in [2.45, 2.75) is 32.7 Å².